The molecule has 0 aliphatic rings. The van der Waals surface area contributed by atoms with Gasteiger partial charge in [0.2, 0.25) is 0 Å². The van der Waals surface area contributed by atoms with Gasteiger partial charge in [0.1, 0.15) is 11.4 Å². The smallest absolute Gasteiger partial charge is 0.261 e. The second kappa shape index (κ2) is 5.26. The molecule has 2 rings (SSSR count). The molecular formula is C12H12BrNO3S. The lowest BCUT2D eigenvalue weighted by Crippen LogP contribution is -2.38. The van der Waals surface area contributed by atoms with Crippen molar-refractivity contribution in [1.82, 2.24) is 5.32 Å². The lowest BCUT2D eigenvalue weighted by atomic mass is 10.0. The van der Waals surface area contributed by atoms with E-state index in [-0.39, 0.29) is 12.5 Å². The quantitative estimate of drug-likeness (QED) is 0.906. The molecule has 0 aliphatic heterocycles. The number of thiophene rings is 1. The van der Waals surface area contributed by atoms with Gasteiger partial charge in [-0.3, -0.25) is 4.79 Å². The summed E-state index contributed by atoms with van der Waals surface area (Å²) >= 11 is 4.63. The van der Waals surface area contributed by atoms with E-state index >= 15 is 0 Å². The van der Waals surface area contributed by atoms with Crippen molar-refractivity contribution in [2.75, 3.05) is 6.54 Å². The van der Waals surface area contributed by atoms with Gasteiger partial charge >= 0.3 is 0 Å². The molecular weight excluding hydrogens is 318 g/mol. The number of hydrogen-bond acceptors (Lipinski definition) is 4. The van der Waals surface area contributed by atoms with Crippen LogP contribution in [-0.4, -0.2) is 17.6 Å². The molecule has 4 nitrogen and oxygen atoms in total. The minimum Gasteiger partial charge on any atom is -0.466 e. The molecule has 0 unspecified atom stereocenters. The lowest BCUT2D eigenvalue weighted by molar-refractivity contribution is 0.0331. The van der Waals surface area contributed by atoms with Crippen LogP contribution in [0.15, 0.2) is 38.7 Å². The van der Waals surface area contributed by atoms with E-state index in [1.807, 2.05) is 5.38 Å². The first kappa shape index (κ1) is 13.3. The number of rotatable bonds is 4. The molecule has 0 bridgehead atoms. The number of amides is 1. The van der Waals surface area contributed by atoms with Crippen LogP contribution in [0.3, 0.4) is 0 Å². The Morgan fingerprint density at radius 1 is 1.67 bits per heavy atom. The number of nitrogens with one attached hydrogen (secondary N) is 1. The van der Waals surface area contributed by atoms with Crippen molar-refractivity contribution in [2.24, 2.45) is 0 Å². The van der Waals surface area contributed by atoms with Gasteiger partial charge in [0, 0.05) is 9.85 Å². The van der Waals surface area contributed by atoms with E-state index in [0.717, 1.165) is 4.47 Å². The van der Waals surface area contributed by atoms with Crippen molar-refractivity contribution in [3.8, 4) is 0 Å². The molecule has 2 aromatic heterocycles. The Balaban J connectivity index is 1.98. The van der Waals surface area contributed by atoms with Gasteiger partial charge in [-0.05, 0) is 41.1 Å². The third-order valence-electron chi connectivity index (χ3n) is 2.44. The molecule has 2 aromatic rings. The van der Waals surface area contributed by atoms with Crippen molar-refractivity contribution in [3.05, 3.63) is 45.0 Å². The van der Waals surface area contributed by atoms with Crippen molar-refractivity contribution < 1.29 is 14.3 Å². The largest absolute Gasteiger partial charge is 0.466 e. The van der Waals surface area contributed by atoms with Gasteiger partial charge in [-0.25, -0.2) is 0 Å². The Bertz CT molecular complexity index is 533. The summed E-state index contributed by atoms with van der Waals surface area (Å²) in [6, 6.07) is 5.11. The van der Waals surface area contributed by atoms with Crippen LogP contribution in [0.5, 0.6) is 0 Å². The van der Waals surface area contributed by atoms with Gasteiger partial charge in [-0.15, -0.1) is 11.3 Å². The number of carbonyl (C=O) groups excluding carboxylic acids is 1. The van der Waals surface area contributed by atoms with Gasteiger partial charge in [0.25, 0.3) is 5.91 Å². The minimum absolute atomic E-state index is 0.0921. The normalized spacial score (nSPS) is 14.2. The van der Waals surface area contributed by atoms with Crippen LogP contribution >= 0.6 is 27.3 Å². The van der Waals surface area contributed by atoms with E-state index in [1.165, 1.54) is 17.6 Å². The van der Waals surface area contributed by atoms with E-state index in [2.05, 4.69) is 21.2 Å². The fraction of sp³-hybridized carbons (Fsp3) is 0.250. The van der Waals surface area contributed by atoms with Crippen LogP contribution in [0.1, 0.15) is 22.4 Å². The number of aliphatic hydroxyl groups is 1. The van der Waals surface area contributed by atoms with E-state index in [1.54, 1.807) is 25.1 Å². The molecule has 0 spiro atoms. The lowest BCUT2D eigenvalue weighted by Gasteiger charge is -2.20. The maximum atomic E-state index is 11.8. The molecule has 18 heavy (non-hydrogen) atoms. The zero-order chi connectivity index (χ0) is 13.2. The van der Waals surface area contributed by atoms with Gasteiger partial charge in [0.05, 0.1) is 17.7 Å². The molecule has 0 saturated carbocycles. The Kier molecular flexibility index (Phi) is 3.89. The average molecular weight is 330 g/mol. The zero-order valence-corrected chi connectivity index (χ0v) is 12.0. The fourth-order valence-electron chi connectivity index (χ4n) is 1.44. The Morgan fingerprint density at radius 2 is 2.44 bits per heavy atom. The highest BCUT2D eigenvalue weighted by molar-refractivity contribution is 9.10. The van der Waals surface area contributed by atoms with Crippen LogP contribution in [0.4, 0.5) is 0 Å². The van der Waals surface area contributed by atoms with Crippen LogP contribution in [-0.2, 0) is 5.60 Å². The Labute approximate surface area is 117 Å². The molecule has 0 saturated heterocycles. The first-order valence-corrected chi connectivity index (χ1v) is 6.95. The summed E-state index contributed by atoms with van der Waals surface area (Å²) < 4.78 is 6.00. The first-order valence-electron chi connectivity index (χ1n) is 5.27. The first-order chi connectivity index (χ1) is 8.49. The molecule has 0 aromatic carbocycles. The van der Waals surface area contributed by atoms with E-state index in [0.29, 0.717) is 10.6 Å². The topological polar surface area (TPSA) is 62.5 Å². The number of furan rings is 1. The monoisotopic (exact) mass is 329 g/mol. The van der Waals surface area contributed by atoms with Gasteiger partial charge in [0.15, 0.2) is 0 Å². The van der Waals surface area contributed by atoms with Crippen LogP contribution in [0.25, 0.3) is 0 Å². The molecule has 0 fully saturated rings. The predicted octanol–water partition coefficient (Wildman–Crippen LogP) is 2.74. The molecule has 2 heterocycles. The number of carbonyl (C=O) groups is 1. The summed E-state index contributed by atoms with van der Waals surface area (Å²) in [4.78, 5) is 12.4. The summed E-state index contributed by atoms with van der Waals surface area (Å²) in [6.45, 7) is 1.69. The average Bonchev–Trinajstić information content (AvgIpc) is 2.96. The third kappa shape index (κ3) is 3.01. The molecule has 96 valence electrons. The molecule has 0 aliphatic carbocycles. The Hall–Kier alpha value is -1.11. The van der Waals surface area contributed by atoms with Crippen LogP contribution in [0, 0.1) is 0 Å². The summed E-state index contributed by atoms with van der Waals surface area (Å²) in [7, 11) is 0. The second-order valence-corrected chi connectivity index (χ2v) is 5.89. The predicted molar refractivity (Wildman–Crippen MR) is 72.6 cm³/mol. The second-order valence-electron chi connectivity index (χ2n) is 4.06. The molecule has 2 N–H and O–H groups in total. The summed E-state index contributed by atoms with van der Waals surface area (Å²) in [5.41, 5.74) is -1.21. The number of hydrogen-bond donors (Lipinski definition) is 2. The van der Waals surface area contributed by atoms with Crippen molar-refractivity contribution in [2.45, 2.75) is 12.5 Å². The van der Waals surface area contributed by atoms with Crippen molar-refractivity contribution >= 4 is 33.2 Å². The fourth-order valence-corrected chi connectivity index (χ4v) is 2.79. The highest BCUT2D eigenvalue weighted by atomic mass is 79.9. The van der Waals surface area contributed by atoms with E-state index in [9.17, 15) is 9.90 Å². The molecule has 1 amide bonds. The molecule has 6 heteroatoms. The highest BCUT2D eigenvalue weighted by Crippen LogP contribution is 2.22. The molecule has 0 radical (unpaired) electrons. The Morgan fingerprint density at radius 3 is 3.00 bits per heavy atom. The van der Waals surface area contributed by atoms with Crippen LogP contribution in [0.2, 0.25) is 0 Å². The summed E-state index contributed by atoms with van der Waals surface area (Å²) in [5, 5.41) is 14.7. The molecule has 1 atom stereocenters. The van der Waals surface area contributed by atoms with E-state index < -0.39 is 5.60 Å². The summed E-state index contributed by atoms with van der Waals surface area (Å²) in [5.74, 6) is 0.215. The third-order valence-corrected chi connectivity index (χ3v) is 4.13. The minimum atomic E-state index is -1.21. The van der Waals surface area contributed by atoms with Gasteiger partial charge in [-0.2, -0.15) is 0 Å². The maximum Gasteiger partial charge on any atom is 0.261 e. The standard InChI is InChI=1S/C12H12BrNO3S/c1-12(16,10-3-2-4-17-10)7-14-11(15)9-5-8(13)6-18-9/h2-6,16H,7H2,1H3,(H,14,15)/t12-/m1/s1. The van der Waals surface area contributed by atoms with Crippen molar-refractivity contribution in [1.29, 1.82) is 0 Å². The zero-order valence-electron chi connectivity index (χ0n) is 9.64. The highest BCUT2D eigenvalue weighted by Gasteiger charge is 2.27. The maximum absolute atomic E-state index is 11.8. The SMILES string of the molecule is C[C@@](O)(CNC(=O)c1cc(Br)cs1)c1ccco1. The van der Waals surface area contributed by atoms with Gasteiger partial charge in [-0.1, -0.05) is 0 Å². The number of halogens is 1. The van der Waals surface area contributed by atoms with Crippen LogP contribution < -0.4 is 5.32 Å². The van der Waals surface area contributed by atoms with Crippen molar-refractivity contribution in [3.63, 3.8) is 0 Å². The summed E-state index contributed by atoms with van der Waals surface area (Å²) in [6.07, 6.45) is 1.49. The van der Waals surface area contributed by atoms with E-state index in [4.69, 9.17) is 4.42 Å². The van der Waals surface area contributed by atoms with Gasteiger partial charge < -0.3 is 14.8 Å².